The van der Waals surface area contributed by atoms with E-state index in [0.29, 0.717) is 3.57 Å². The Kier molecular flexibility index (Phi) is 4.18. The van der Waals surface area contributed by atoms with Gasteiger partial charge in [0.2, 0.25) is 0 Å². The number of hydrogen-bond acceptors (Lipinski definition) is 6. The van der Waals surface area contributed by atoms with Crippen LogP contribution in [0.1, 0.15) is 13.8 Å². The van der Waals surface area contributed by atoms with Crippen molar-refractivity contribution in [2.45, 2.75) is 50.8 Å². The van der Waals surface area contributed by atoms with Crippen molar-refractivity contribution in [3.63, 3.8) is 0 Å². The minimum atomic E-state index is -0.724. The molecule has 0 amide bonds. The second kappa shape index (κ2) is 5.71. The molecule has 0 unspecified atom stereocenters. The second-order valence-corrected chi connectivity index (χ2v) is 6.89. The van der Waals surface area contributed by atoms with E-state index in [9.17, 15) is 9.59 Å². The molecule has 1 N–H and O–H groups in total. The molecule has 0 aromatic carbocycles. The van der Waals surface area contributed by atoms with Crippen molar-refractivity contribution in [1.82, 2.24) is 9.55 Å². The molecular weight excluding hydrogens is 407 g/mol. The normalized spacial score (nSPS) is 33.1. The van der Waals surface area contributed by atoms with Gasteiger partial charge in [0, 0.05) is 13.3 Å². The van der Waals surface area contributed by atoms with Crippen LogP contribution in [0, 0.1) is 3.57 Å². The van der Waals surface area contributed by atoms with E-state index in [2.05, 4.69) is 4.98 Å². The summed E-state index contributed by atoms with van der Waals surface area (Å²) in [6.07, 6.45) is -0.134. The molecular formula is C13H17IN2O6. The van der Waals surface area contributed by atoms with Gasteiger partial charge in [-0.2, -0.15) is 0 Å². The van der Waals surface area contributed by atoms with E-state index in [4.69, 9.17) is 18.9 Å². The molecule has 8 nitrogen and oxygen atoms in total. The van der Waals surface area contributed by atoms with Crippen LogP contribution >= 0.6 is 22.6 Å². The van der Waals surface area contributed by atoms with E-state index in [-0.39, 0.29) is 18.8 Å². The smallest absolute Gasteiger partial charge is 0.328 e. The molecule has 9 heteroatoms. The van der Waals surface area contributed by atoms with Crippen LogP contribution in [0.2, 0.25) is 0 Å². The number of nitrogens with one attached hydrogen (secondary N) is 1. The van der Waals surface area contributed by atoms with Crippen LogP contribution in [0.25, 0.3) is 0 Å². The lowest BCUT2D eigenvalue weighted by Gasteiger charge is -2.23. The average molecular weight is 424 g/mol. The van der Waals surface area contributed by atoms with Gasteiger partial charge in [0.15, 0.2) is 12.1 Å². The first-order chi connectivity index (χ1) is 10.3. The molecule has 0 radical (unpaired) electrons. The predicted molar refractivity (Wildman–Crippen MR) is 83.5 cm³/mol. The van der Waals surface area contributed by atoms with Crippen molar-refractivity contribution in [3.8, 4) is 0 Å². The zero-order chi connectivity index (χ0) is 16.1. The molecule has 0 aliphatic carbocycles. The summed E-state index contributed by atoms with van der Waals surface area (Å²) in [5.41, 5.74) is -0.881. The minimum Gasteiger partial charge on any atom is -0.353 e. The number of fused-ring (bicyclic) bond motifs is 1. The number of aromatic amines is 1. The molecule has 122 valence electrons. The van der Waals surface area contributed by atoms with Gasteiger partial charge in [0.1, 0.15) is 18.3 Å². The topological polar surface area (TPSA) is 91.8 Å². The molecule has 1 aromatic rings. The molecule has 22 heavy (non-hydrogen) atoms. The van der Waals surface area contributed by atoms with E-state index in [0.717, 1.165) is 0 Å². The van der Waals surface area contributed by atoms with Crippen molar-refractivity contribution in [2.75, 3.05) is 7.11 Å². The maximum atomic E-state index is 11.9. The summed E-state index contributed by atoms with van der Waals surface area (Å²) in [5, 5.41) is 0. The fourth-order valence-corrected chi connectivity index (χ4v) is 3.26. The van der Waals surface area contributed by atoms with Crippen LogP contribution in [0.5, 0.6) is 0 Å². The Bertz CT molecular complexity index is 684. The minimum absolute atomic E-state index is 0.242. The molecule has 2 fully saturated rings. The standard InChI is InChI=1S/C13H17IN2O6/c1-13(2)21-8-7(20-11(19-3)9(8)22-13)5-16-4-6(14)10(17)15-12(16)18/h4,7-9,11H,5H2,1-3H3,(H,15,17,18)/t7-,8-,9-,11-/m1/s1. The first-order valence-electron chi connectivity index (χ1n) is 6.84. The van der Waals surface area contributed by atoms with Crippen LogP contribution in [-0.2, 0) is 25.5 Å². The molecule has 0 saturated carbocycles. The van der Waals surface area contributed by atoms with E-state index in [1.54, 1.807) is 0 Å². The summed E-state index contributed by atoms with van der Waals surface area (Å²) < 4.78 is 24.6. The molecule has 1 aromatic heterocycles. The molecule has 2 aliphatic rings. The summed E-state index contributed by atoms with van der Waals surface area (Å²) in [4.78, 5) is 25.6. The summed E-state index contributed by atoms with van der Waals surface area (Å²) in [6.45, 7) is 3.89. The number of hydrogen-bond donors (Lipinski definition) is 1. The lowest BCUT2D eigenvalue weighted by atomic mass is 10.1. The van der Waals surface area contributed by atoms with Crippen molar-refractivity contribution in [3.05, 3.63) is 30.6 Å². The third-order valence-electron chi connectivity index (χ3n) is 3.68. The number of ether oxygens (including phenoxy) is 4. The summed E-state index contributed by atoms with van der Waals surface area (Å²) >= 11 is 1.88. The molecule has 0 spiro atoms. The highest BCUT2D eigenvalue weighted by Gasteiger charge is 2.55. The fourth-order valence-electron chi connectivity index (χ4n) is 2.79. The number of nitrogens with zero attached hydrogens (tertiary/aromatic N) is 1. The van der Waals surface area contributed by atoms with Gasteiger partial charge in [-0.15, -0.1) is 0 Å². The maximum absolute atomic E-state index is 11.9. The number of aromatic nitrogens is 2. The van der Waals surface area contributed by atoms with E-state index < -0.39 is 29.4 Å². The Morgan fingerprint density at radius 2 is 2.05 bits per heavy atom. The van der Waals surface area contributed by atoms with Crippen molar-refractivity contribution in [1.29, 1.82) is 0 Å². The van der Waals surface area contributed by atoms with E-state index >= 15 is 0 Å². The SMILES string of the molecule is CO[C@@H]1O[C@H](Cn2cc(I)c(=O)[nH]c2=O)[C@H]2OC(C)(C)O[C@@H]12. The Hall–Kier alpha value is -0.750. The highest BCUT2D eigenvalue weighted by Crippen LogP contribution is 2.39. The average Bonchev–Trinajstić information content (AvgIpc) is 2.90. The summed E-state index contributed by atoms with van der Waals surface area (Å²) in [7, 11) is 1.54. The lowest BCUT2D eigenvalue weighted by molar-refractivity contribution is -0.228. The van der Waals surface area contributed by atoms with E-state index in [1.807, 2.05) is 36.4 Å². The largest absolute Gasteiger partial charge is 0.353 e. The first kappa shape index (κ1) is 16.1. The number of methoxy groups -OCH3 is 1. The summed E-state index contributed by atoms with van der Waals surface area (Å²) in [5.74, 6) is -0.724. The third kappa shape index (κ3) is 2.87. The van der Waals surface area contributed by atoms with Gasteiger partial charge in [0.25, 0.3) is 5.56 Å². The van der Waals surface area contributed by atoms with Crippen molar-refractivity contribution >= 4 is 22.6 Å². The highest BCUT2D eigenvalue weighted by atomic mass is 127. The second-order valence-electron chi connectivity index (χ2n) is 5.73. The molecule has 3 rings (SSSR count). The monoisotopic (exact) mass is 424 g/mol. The van der Waals surface area contributed by atoms with Crippen LogP contribution in [0.15, 0.2) is 15.8 Å². The van der Waals surface area contributed by atoms with Gasteiger partial charge in [-0.05, 0) is 36.4 Å². The lowest BCUT2D eigenvalue weighted by Crippen LogP contribution is -2.38. The van der Waals surface area contributed by atoms with Crippen LogP contribution < -0.4 is 11.2 Å². The zero-order valence-corrected chi connectivity index (χ0v) is 14.5. The van der Waals surface area contributed by atoms with Gasteiger partial charge in [0.05, 0.1) is 10.1 Å². The maximum Gasteiger partial charge on any atom is 0.328 e. The quantitative estimate of drug-likeness (QED) is 0.689. The number of halogens is 1. The fraction of sp³-hybridized carbons (Fsp3) is 0.692. The molecule has 4 atom stereocenters. The summed E-state index contributed by atoms with van der Waals surface area (Å²) in [6, 6.07) is 0. The molecule has 3 heterocycles. The highest BCUT2D eigenvalue weighted by molar-refractivity contribution is 14.1. The van der Waals surface area contributed by atoms with Crippen molar-refractivity contribution < 1.29 is 18.9 Å². The van der Waals surface area contributed by atoms with E-state index in [1.165, 1.54) is 17.9 Å². The van der Waals surface area contributed by atoms with Gasteiger partial charge in [-0.1, -0.05) is 0 Å². The van der Waals surface area contributed by atoms with Crippen LogP contribution in [-0.4, -0.2) is 47.0 Å². The first-order valence-corrected chi connectivity index (χ1v) is 7.92. The zero-order valence-electron chi connectivity index (χ0n) is 12.4. The number of rotatable bonds is 3. The van der Waals surface area contributed by atoms with Crippen molar-refractivity contribution in [2.24, 2.45) is 0 Å². The van der Waals surface area contributed by atoms with Crippen LogP contribution in [0.3, 0.4) is 0 Å². The Labute approximate surface area is 139 Å². The molecule has 0 bridgehead atoms. The third-order valence-corrected chi connectivity index (χ3v) is 4.45. The van der Waals surface area contributed by atoms with Gasteiger partial charge < -0.3 is 18.9 Å². The van der Waals surface area contributed by atoms with Gasteiger partial charge in [-0.25, -0.2) is 4.79 Å². The Balaban J connectivity index is 1.85. The Morgan fingerprint density at radius 1 is 1.36 bits per heavy atom. The van der Waals surface area contributed by atoms with Crippen LogP contribution in [0.4, 0.5) is 0 Å². The predicted octanol–water partition coefficient (Wildman–Crippen LogP) is 0.0326. The molecule has 2 aliphatic heterocycles. The number of H-pyrrole nitrogens is 1. The molecule has 2 saturated heterocycles. The Morgan fingerprint density at radius 3 is 2.73 bits per heavy atom. The van der Waals surface area contributed by atoms with Gasteiger partial charge in [-0.3, -0.25) is 14.3 Å². The van der Waals surface area contributed by atoms with Gasteiger partial charge >= 0.3 is 5.69 Å².